The number of aliphatic hydroxyl groups excluding tert-OH is 1. The van der Waals surface area contributed by atoms with Crippen molar-refractivity contribution in [1.82, 2.24) is 0 Å². The predicted molar refractivity (Wildman–Crippen MR) is 124 cm³/mol. The maximum atomic E-state index is 11.3. The van der Waals surface area contributed by atoms with Crippen LogP contribution in [0.4, 0.5) is 0 Å². The second-order valence-electron chi connectivity index (χ2n) is 11.9. The van der Waals surface area contributed by atoms with Gasteiger partial charge in [0.15, 0.2) is 0 Å². The van der Waals surface area contributed by atoms with Crippen LogP contribution in [0.3, 0.4) is 0 Å². The first-order valence-electron chi connectivity index (χ1n) is 12.9. The summed E-state index contributed by atoms with van der Waals surface area (Å²) in [5, 5.41) is 11.3. The zero-order chi connectivity index (χ0) is 22.2. The highest BCUT2D eigenvalue weighted by molar-refractivity contribution is 5.29. The van der Waals surface area contributed by atoms with Gasteiger partial charge in [0.2, 0.25) is 0 Å². The lowest BCUT2D eigenvalue weighted by Crippen LogP contribution is -2.53. The van der Waals surface area contributed by atoms with Crippen LogP contribution in [-0.2, 0) is 14.2 Å². The van der Waals surface area contributed by atoms with Crippen molar-refractivity contribution >= 4 is 0 Å². The third-order valence-electron chi connectivity index (χ3n) is 9.73. The fourth-order valence-electron chi connectivity index (χ4n) is 7.98. The molecule has 178 valence electrons. The number of fused-ring (bicyclic) bond motifs is 5. The predicted octanol–water partition coefficient (Wildman–Crippen LogP) is 5.59. The van der Waals surface area contributed by atoms with Crippen molar-refractivity contribution in [2.45, 2.75) is 91.3 Å². The van der Waals surface area contributed by atoms with Gasteiger partial charge in [-0.05, 0) is 91.8 Å². The minimum absolute atomic E-state index is 0.205. The summed E-state index contributed by atoms with van der Waals surface area (Å²) in [6.07, 6.45) is 11.8. The van der Waals surface area contributed by atoms with Gasteiger partial charge in [0.25, 0.3) is 0 Å². The summed E-state index contributed by atoms with van der Waals surface area (Å²) in [4.78, 5) is 0. The van der Waals surface area contributed by atoms with Crippen molar-refractivity contribution in [2.24, 2.45) is 40.4 Å². The summed E-state index contributed by atoms with van der Waals surface area (Å²) in [5.74, 6) is 2.96. The van der Waals surface area contributed by atoms with Gasteiger partial charge in [-0.15, -0.1) is 0 Å². The van der Waals surface area contributed by atoms with Crippen LogP contribution in [0.15, 0.2) is 11.6 Å². The van der Waals surface area contributed by atoms with Crippen LogP contribution < -0.4 is 0 Å². The van der Waals surface area contributed by atoms with E-state index >= 15 is 0 Å². The molecular formula is C27H46O4. The number of allylic oxidation sites excluding steroid dienone is 1. The van der Waals surface area contributed by atoms with Crippen LogP contribution in [0, 0.1) is 40.4 Å². The lowest BCUT2D eigenvalue weighted by molar-refractivity contribution is -0.133. The second-order valence-corrected chi connectivity index (χ2v) is 11.9. The Labute approximate surface area is 190 Å². The fourth-order valence-corrected chi connectivity index (χ4v) is 7.98. The van der Waals surface area contributed by atoms with E-state index in [1.54, 1.807) is 12.7 Å². The summed E-state index contributed by atoms with van der Waals surface area (Å²) in [6, 6.07) is 0. The lowest BCUT2D eigenvalue weighted by Gasteiger charge is -2.58. The topological polar surface area (TPSA) is 47.9 Å². The quantitative estimate of drug-likeness (QED) is 0.307. The van der Waals surface area contributed by atoms with Gasteiger partial charge in [0.1, 0.15) is 6.79 Å². The average molecular weight is 435 g/mol. The molecule has 0 aliphatic heterocycles. The largest absolute Gasteiger partial charge is 0.389 e. The lowest BCUT2D eigenvalue weighted by atomic mass is 9.47. The molecule has 3 saturated carbocycles. The summed E-state index contributed by atoms with van der Waals surface area (Å²) < 4.78 is 17.0. The van der Waals surface area contributed by atoms with Crippen LogP contribution in [0.1, 0.15) is 79.1 Å². The molecule has 31 heavy (non-hydrogen) atoms. The highest BCUT2D eigenvalue weighted by atomic mass is 16.7. The smallest absolute Gasteiger partial charge is 0.146 e. The number of aliphatic hydroxyl groups is 1. The van der Waals surface area contributed by atoms with Gasteiger partial charge in [-0.3, -0.25) is 0 Å². The Morgan fingerprint density at radius 2 is 1.81 bits per heavy atom. The fraction of sp³-hybridized carbons (Fsp3) is 0.926. The number of hydrogen-bond acceptors (Lipinski definition) is 4. The molecule has 0 radical (unpaired) electrons. The highest BCUT2D eigenvalue weighted by Crippen LogP contribution is 2.66. The molecular weight excluding hydrogens is 388 g/mol. The molecule has 4 aliphatic rings. The van der Waals surface area contributed by atoms with Crippen LogP contribution in [0.2, 0.25) is 0 Å². The summed E-state index contributed by atoms with van der Waals surface area (Å²) >= 11 is 0. The van der Waals surface area contributed by atoms with Crippen molar-refractivity contribution in [3.63, 3.8) is 0 Å². The molecule has 0 spiro atoms. The van der Waals surface area contributed by atoms with Crippen LogP contribution >= 0.6 is 0 Å². The molecule has 8 atom stereocenters. The van der Waals surface area contributed by atoms with Crippen molar-refractivity contribution in [3.05, 3.63) is 11.6 Å². The van der Waals surface area contributed by atoms with E-state index in [4.69, 9.17) is 14.2 Å². The number of methoxy groups -OCH3 is 1. The number of hydrogen-bond donors (Lipinski definition) is 1. The standard InChI is InChI=1S/C27H46O4/c1-18(2)16-30-13-10-19-6-7-22-21-15-25(28)24-14-20(31-17-29-5)8-11-27(24,4)23(21)9-12-26(19,22)3/h15,18-20,22-25,28H,6-14,16-17H2,1-5H3/t19-,20?,22+,23?,24-,25+,26-,27-/m1/s1. The molecule has 3 fully saturated rings. The molecule has 0 saturated heterocycles. The van der Waals surface area contributed by atoms with Gasteiger partial charge < -0.3 is 19.3 Å². The molecule has 0 aromatic rings. The Morgan fingerprint density at radius 3 is 2.55 bits per heavy atom. The first-order valence-corrected chi connectivity index (χ1v) is 12.9. The van der Waals surface area contributed by atoms with E-state index in [0.717, 1.165) is 38.4 Å². The van der Waals surface area contributed by atoms with Crippen molar-refractivity contribution in [3.8, 4) is 0 Å². The van der Waals surface area contributed by atoms with Crippen LogP contribution in [0.25, 0.3) is 0 Å². The summed E-state index contributed by atoms with van der Waals surface area (Å²) in [7, 11) is 1.68. The molecule has 0 aromatic heterocycles. The van der Waals surface area contributed by atoms with E-state index in [2.05, 4.69) is 33.8 Å². The Balaban J connectivity index is 1.47. The SMILES string of the molecule is COCOC1CC[C@]2(C)C3CC[C@]4(C)[C@@H](CCOCC(C)C)CC[C@H]4C3=C[C@H](O)[C@H]2C1. The van der Waals surface area contributed by atoms with E-state index in [9.17, 15) is 5.11 Å². The molecule has 4 aliphatic carbocycles. The molecule has 2 unspecified atom stereocenters. The molecule has 4 nitrogen and oxygen atoms in total. The maximum absolute atomic E-state index is 11.3. The first-order chi connectivity index (χ1) is 14.8. The second kappa shape index (κ2) is 9.44. The van der Waals surface area contributed by atoms with Gasteiger partial charge in [-0.1, -0.05) is 39.3 Å². The summed E-state index contributed by atoms with van der Waals surface area (Å²) in [6.45, 7) is 11.6. The molecule has 0 bridgehead atoms. The molecule has 0 aromatic carbocycles. The molecule has 0 amide bonds. The molecule has 0 heterocycles. The van der Waals surface area contributed by atoms with Crippen molar-refractivity contribution in [1.29, 1.82) is 0 Å². The van der Waals surface area contributed by atoms with Crippen molar-refractivity contribution < 1.29 is 19.3 Å². The van der Waals surface area contributed by atoms with E-state index in [1.165, 1.54) is 32.1 Å². The van der Waals surface area contributed by atoms with Crippen molar-refractivity contribution in [2.75, 3.05) is 27.1 Å². The molecule has 4 heteroatoms. The minimum Gasteiger partial charge on any atom is -0.389 e. The monoisotopic (exact) mass is 434 g/mol. The Kier molecular flexibility index (Phi) is 7.23. The van der Waals surface area contributed by atoms with E-state index < -0.39 is 0 Å². The Hall–Kier alpha value is -0.420. The van der Waals surface area contributed by atoms with Gasteiger partial charge in [0, 0.05) is 20.3 Å². The van der Waals surface area contributed by atoms with Crippen LogP contribution in [0.5, 0.6) is 0 Å². The van der Waals surface area contributed by atoms with Gasteiger partial charge in [0.05, 0.1) is 12.2 Å². The maximum Gasteiger partial charge on any atom is 0.146 e. The average Bonchev–Trinajstić information content (AvgIpc) is 3.06. The Bertz CT molecular complexity index is 645. The van der Waals surface area contributed by atoms with Crippen LogP contribution in [-0.4, -0.2) is 44.4 Å². The normalized spacial score (nSPS) is 44.5. The molecule has 1 N–H and O–H groups in total. The third-order valence-corrected chi connectivity index (χ3v) is 9.73. The van der Waals surface area contributed by atoms with Gasteiger partial charge in [-0.2, -0.15) is 0 Å². The van der Waals surface area contributed by atoms with E-state index in [1.807, 2.05) is 0 Å². The first kappa shape index (κ1) is 23.7. The number of ether oxygens (including phenoxy) is 3. The zero-order valence-electron chi connectivity index (χ0n) is 20.6. The Morgan fingerprint density at radius 1 is 1.06 bits per heavy atom. The summed E-state index contributed by atoms with van der Waals surface area (Å²) in [5.41, 5.74) is 2.20. The highest BCUT2D eigenvalue weighted by Gasteiger charge is 2.59. The van der Waals surface area contributed by atoms with Gasteiger partial charge >= 0.3 is 0 Å². The molecule has 4 rings (SSSR count). The van der Waals surface area contributed by atoms with E-state index in [-0.39, 0.29) is 17.6 Å². The van der Waals surface area contributed by atoms with Gasteiger partial charge in [-0.25, -0.2) is 0 Å². The number of rotatable bonds is 8. The minimum atomic E-state index is -0.332. The zero-order valence-corrected chi connectivity index (χ0v) is 20.6. The van der Waals surface area contributed by atoms with E-state index in [0.29, 0.717) is 35.9 Å². The third kappa shape index (κ3) is 4.39.